The zero-order valence-corrected chi connectivity index (χ0v) is 9.87. The Labute approximate surface area is 95.5 Å². The van der Waals surface area contributed by atoms with Gasteiger partial charge >= 0.3 is 5.97 Å². The molecular formula is C13H17NO2. The largest absolute Gasteiger partial charge is 0.480 e. The lowest BCUT2D eigenvalue weighted by Gasteiger charge is -2.30. The number of carbonyl (C=O) groups is 1. The summed E-state index contributed by atoms with van der Waals surface area (Å²) in [5.41, 5.74) is 4.62. The molecule has 0 aliphatic carbocycles. The first kappa shape index (κ1) is 11.0. The second kappa shape index (κ2) is 3.81. The van der Waals surface area contributed by atoms with E-state index in [9.17, 15) is 4.79 Å². The van der Waals surface area contributed by atoms with E-state index in [4.69, 9.17) is 5.11 Å². The lowest BCUT2D eigenvalue weighted by Crippen LogP contribution is -2.34. The third kappa shape index (κ3) is 1.77. The Balaban J connectivity index is 2.46. The van der Waals surface area contributed by atoms with Gasteiger partial charge in [-0.05, 0) is 37.3 Å². The summed E-state index contributed by atoms with van der Waals surface area (Å²) in [5.74, 6) is -0.464. The molecule has 16 heavy (non-hydrogen) atoms. The van der Waals surface area contributed by atoms with Gasteiger partial charge in [0.1, 0.15) is 6.04 Å². The van der Waals surface area contributed by atoms with E-state index in [1.54, 1.807) is 0 Å². The van der Waals surface area contributed by atoms with Crippen LogP contribution in [0.4, 0.5) is 5.69 Å². The van der Waals surface area contributed by atoms with Gasteiger partial charge in [-0.3, -0.25) is 0 Å². The molecule has 2 unspecified atom stereocenters. The van der Waals surface area contributed by atoms with E-state index in [2.05, 4.69) is 31.3 Å². The molecule has 3 heteroatoms. The lowest BCUT2D eigenvalue weighted by atomic mass is 9.86. The molecule has 0 fully saturated rings. The summed E-state index contributed by atoms with van der Waals surface area (Å²) >= 11 is 0. The smallest absolute Gasteiger partial charge is 0.326 e. The maximum atomic E-state index is 11.0. The number of benzene rings is 1. The van der Waals surface area contributed by atoms with Gasteiger partial charge in [-0.1, -0.05) is 24.6 Å². The molecule has 1 aromatic rings. The molecule has 0 saturated heterocycles. The van der Waals surface area contributed by atoms with E-state index in [0.29, 0.717) is 12.3 Å². The predicted octanol–water partition coefficient (Wildman–Crippen LogP) is 2.68. The van der Waals surface area contributed by atoms with Gasteiger partial charge in [0.15, 0.2) is 0 Å². The van der Waals surface area contributed by atoms with Gasteiger partial charge in [0, 0.05) is 5.69 Å². The van der Waals surface area contributed by atoms with Crippen molar-refractivity contribution < 1.29 is 9.90 Å². The van der Waals surface area contributed by atoms with Crippen molar-refractivity contribution in [2.45, 2.75) is 39.2 Å². The Kier molecular flexibility index (Phi) is 2.62. The van der Waals surface area contributed by atoms with Crippen LogP contribution in [-0.2, 0) is 4.79 Å². The molecule has 0 aromatic heterocycles. The Bertz CT molecular complexity index is 440. The number of aryl methyl sites for hydroxylation is 2. The van der Waals surface area contributed by atoms with Crippen LogP contribution in [0.25, 0.3) is 0 Å². The first-order valence-corrected chi connectivity index (χ1v) is 5.59. The Morgan fingerprint density at radius 2 is 2.12 bits per heavy atom. The van der Waals surface area contributed by atoms with Crippen molar-refractivity contribution >= 4 is 11.7 Å². The van der Waals surface area contributed by atoms with Gasteiger partial charge in [-0.15, -0.1) is 0 Å². The second-order valence-corrected chi connectivity index (χ2v) is 4.72. The molecule has 0 radical (unpaired) electrons. The normalized spacial score (nSPS) is 23.4. The molecule has 0 spiro atoms. The van der Waals surface area contributed by atoms with Gasteiger partial charge in [-0.25, -0.2) is 4.79 Å². The van der Waals surface area contributed by atoms with Crippen LogP contribution in [0.2, 0.25) is 0 Å². The maximum absolute atomic E-state index is 11.0. The van der Waals surface area contributed by atoms with E-state index >= 15 is 0 Å². The van der Waals surface area contributed by atoms with Crippen LogP contribution in [0.3, 0.4) is 0 Å². The average molecular weight is 219 g/mol. The van der Waals surface area contributed by atoms with E-state index in [1.807, 2.05) is 6.92 Å². The average Bonchev–Trinajstić information content (AvgIpc) is 2.19. The van der Waals surface area contributed by atoms with Gasteiger partial charge in [0.25, 0.3) is 0 Å². The van der Waals surface area contributed by atoms with Gasteiger partial charge in [0.2, 0.25) is 0 Å². The van der Waals surface area contributed by atoms with Crippen LogP contribution >= 0.6 is 0 Å². The van der Waals surface area contributed by atoms with Crippen LogP contribution in [0, 0.1) is 13.8 Å². The molecule has 0 bridgehead atoms. The molecule has 0 saturated carbocycles. The van der Waals surface area contributed by atoms with E-state index in [0.717, 1.165) is 11.3 Å². The van der Waals surface area contributed by atoms with Crippen LogP contribution in [0.15, 0.2) is 12.1 Å². The third-order valence-electron chi connectivity index (χ3n) is 3.25. The second-order valence-electron chi connectivity index (χ2n) is 4.72. The zero-order valence-electron chi connectivity index (χ0n) is 9.87. The van der Waals surface area contributed by atoms with Gasteiger partial charge in [-0.2, -0.15) is 0 Å². The highest BCUT2D eigenvalue weighted by molar-refractivity contribution is 5.80. The minimum atomic E-state index is -0.766. The van der Waals surface area contributed by atoms with Crippen molar-refractivity contribution in [3.8, 4) is 0 Å². The first-order chi connectivity index (χ1) is 7.49. The topological polar surface area (TPSA) is 49.3 Å². The van der Waals surface area contributed by atoms with Crippen molar-refractivity contribution in [1.82, 2.24) is 0 Å². The monoisotopic (exact) mass is 219 g/mol. The highest BCUT2D eigenvalue weighted by Gasteiger charge is 2.29. The van der Waals surface area contributed by atoms with Gasteiger partial charge < -0.3 is 10.4 Å². The third-order valence-corrected chi connectivity index (χ3v) is 3.25. The maximum Gasteiger partial charge on any atom is 0.326 e. The number of carboxylic acids is 1. The quantitative estimate of drug-likeness (QED) is 0.763. The molecule has 1 heterocycles. The van der Waals surface area contributed by atoms with Crippen LogP contribution < -0.4 is 5.32 Å². The molecule has 1 aliphatic heterocycles. The number of hydrogen-bond acceptors (Lipinski definition) is 2. The highest BCUT2D eigenvalue weighted by Crippen LogP contribution is 2.36. The molecule has 2 atom stereocenters. The summed E-state index contributed by atoms with van der Waals surface area (Å²) < 4.78 is 0. The molecule has 2 rings (SSSR count). The number of rotatable bonds is 1. The molecule has 2 N–H and O–H groups in total. The van der Waals surface area contributed by atoms with E-state index < -0.39 is 12.0 Å². The summed E-state index contributed by atoms with van der Waals surface area (Å²) in [7, 11) is 0. The fourth-order valence-corrected chi connectivity index (χ4v) is 2.46. The van der Waals surface area contributed by atoms with Gasteiger partial charge in [0.05, 0.1) is 0 Å². The number of anilines is 1. The summed E-state index contributed by atoms with van der Waals surface area (Å²) in [6.07, 6.45) is 0.658. The van der Waals surface area contributed by atoms with E-state index in [1.165, 1.54) is 11.1 Å². The summed E-state index contributed by atoms with van der Waals surface area (Å²) in [5, 5.41) is 12.2. The van der Waals surface area contributed by atoms with Crippen LogP contribution in [-0.4, -0.2) is 17.1 Å². The highest BCUT2D eigenvalue weighted by atomic mass is 16.4. The predicted molar refractivity (Wildman–Crippen MR) is 64.0 cm³/mol. The molecule has 0 amide bonds. The standard InChI is InChI=1S/C13H17NO2/c1-7-4-9(3)12-10(5-7)8(2)6-11(14-12)13(15)16/h4-5,8,11,14H,6H2,1-3H3,(H,15,16). The fourth-order valence-electron chi connectivity index (χ4n) is 2.46. The minimum absolute atomic E-state index is 0.302. The van der Waals surface area contributed by atoms with Crippen LogP contribution in [0.5, 0.6) is 0 Å². The Morgan fingerprint density at radius 1 is 1.44 bits per heavy atom. The molecule has 1 aromatic carbocycles. The Morgan fingerprint density at radius 3 is 2.75 bits per heavy atom. The van der Waals surface area contributed by atoms with Crippen LogP contribution in [0.1, 0.15) is 36.0 Å². The van der Waals surface area contributed by atoms with Crippen molar-refractivity contribution in [3.05, 3.63) is 28.8 Å². The molecule has 1 aliphatic rings. The van der Waals surface area contributed by atoms with Crippen molar-refractivity contribution in [2.75, 3.05) is 5.32 Å². The minimum Gasteiger partial charge on any atom is -0.480 e. The zero-order chi connectivity index (χ0) is 11.9. The Hall–Kier alpha value is -1.51. The number of fused-ring (bicyclic) bond motifs is 1. The summed E-state index contributed by atoms with van der Waals surface area (Å²) in [4.78, 5) is 11.0. The number of nitrogens with one attached hydrogen (secondary N) is 1. The molecular weight excluding hydrogens is 202 g/mol. The van der Waals surface area contributed by atoms with Crippen molar-refractivity contribution in [1.29, 1.82) is 0 Å². The SMILES string of the molecule is Cc1cc(C)c2c(c1)C(C)CC(C(=O)O)N2. The summed E-state index contributed by atoms with van der Waals surface area (Å²) in [6, 6.07) is 3.78. The van der Waals surface area contributed by atoms with Crippen molar-refractivity contribution in [2.24, 2.45) is 0 Å². The summed E-state index contributed by atoms with van der Waals surface area (Å²) in [6.45, 7) is 6.19. The number of hydrogen-bond donors (Lipinski definition) is 2. The van der Waals surface area contributed by atoms with E-state index in [-0.39, 0.29) is 0 Å². The molecule has 3 nitrogen and oxygen atoms in total. The number of carboxylic acid groups (broad SMARTS) is 1. The number of aliphatic carboxylic acids is 1. The first-order valence-electron chi connectivity index (χ1n) is 5.59. The fraction of sp³-hybridized carbons (Fsp3) is 0.462. The van der Waals surface area contributed by atoms with Crippen molar-refractivity contribution in [3.63, 3.8) is 0 Å². The lowest BCUT2D eigenvalue weighted by molar-refractivity contribution is -0.138. The molecule has 86 valence electrons.